The molecule has 2 aromatic carbocycles. The molecule has 0 fully saturated rings. The number of hydrogen-bond acceptors (Lipinski definition) is 3. The largest absolute Gasteiger partial charge is 0.350 e. The highest BCUT2D eigenvalue weighted by molar-refractivity contribution is 7.92. The van der Waals surface area contributed by atoms with E-state index < -0.39 is 27.8 Å². The number of rotatable bonds is 7. The predicted octanol–water partition coefficient (Wildman–Crippen LogP) is 3.65. The summed E-state index contributed by atoms with van der Waals surface area (Å²) in [6.45, 7) is 3.93. The number of nitrogens with zero attached hydrogens (tertiary/aromatic N) is 1. The predicted molar refractivity (Wildman–Crippen MR) is 106 cm³/mol. The van der Waals surface area contributed by atoms with Gasteiger partial charge in [0.05, 0.1) is 17.0 Å². The summed E-state index contributed by atoms with van der Waals surface area (Å²) >= 11 is 5.79. The summed E-state index contributed by atoms with van der Waals surface area (Å²) in [6, 6.07) is 10.2. The fraction of sp³-hybridized carbons (Fsp3) is 0.316. The lowest BCUT2D eigenvalue weighted by molar-refractivity contribution is -0.122. The van der Waals surface area contributed by atoms with Crippen molar-refractivity contribution in [1.29, 1.82) is 0 Å². The molecule has 0 bridgehead atoms. The molecule has 0 saturated heterocycles. The smallest absolute Gasteiger partial charge is 0.244 e. The highest BCUT2D eigenvalue weighted by Gasteiger charge is 2.31. The van der Waals surface area contributed by atoms with E-state index in [1.165, 1.54) is 12.1 Å². The molecule has 0 aromatic heterocycles. The fourth-order valence-corrected chi connectivity index (χ4v) is 4.19. The van der Waals surface area contributed by atoms with Crippen LogP contribution in [0.3, 0.4) is 0 Å². The van der Waals surface area contributed by atoms with Crippen LogP contribution >= 0.6 is 11.6 Å². The summed E-state index contributed by atoms with van der Waals surface area (Å²) in [6.07, 6.45) is 1.24. The third kappa shape index (κ3) is 5.43. The highest BCUT2D eigenvalue weighted by Crippen LogP contribution is 2.27. The summed E-state index contributed by atoms with van der Waals surface area (Å²) in [5.74, 6) is -1.10. The normalized spacial score (nSPS) is 12.5. The van der Waals surface area contributed by atoms with Crippen LogP contribution in [0.1, 0.15) is 24.5 Å². The Morgan fingerprint density at radius 3 is 2.52 bits per heavy atom. The molecule has 0 aliphatic carbocycles. The van der Waals surface area contributed by atoms with Gasteiger partial charge in [-0.1, -0.05) is 48.4 Å². The maximum atomic E-state index is 13.5. The van der Waals surface area contributed by atoms with Gasteiger partial charge >= 0.3 is 0 Å². The van der Waals surface area contributed by atoms with Gasteiger partial charge < -0.3 is 5.32 Å². The van der Waals surface area contributed by atoms with Gasteiger partial charge in [0, 0.05) is 6.54 Å². The van der Waals surface area contributed by atoms with Gasteiger partial charge in [0.25, 0.3) is 0 Å². The molecule has 0 heterocycles. The second-order valence-corrected chi connectivity index (χ2v) is 8.55. The van der Waals surface area contributed by atoms with E-state index in [1.807, 2.05) is 31.2 Å². The molecule has 0 spiro atoms. The molecule has 0 aliphatic rings. The number of carbonyl (C=O) groups is 1. The van der Waals surface area contributed by atoms with E-state index in [4.69, 9.17) is 11.6 Å². The van der Waals surface area contributed by atoms with Crippen LogP contribution in [0.4, 0.5) is 10.1 Å². The highest BCUT2D eigenvalue weighted by atomic mass is 35.5. The quantitative estimate of drug-likeness (QED) is 0.754. The van der Waals surface area contributed by atoms with Gasteiger partial charge in [-0.25, -0.2) is 12.8 Å². The number of halogens is 2. The van der Waals surface area contributed by atoms with Gasteiger partial charge in [0.15, 0.2) is 0 Å². The molecule has 0 radical (unpaired) electrons. The van der Waals surface area contributed by atoms with Crippen molar-refractivity contribution >= 4 is 33.2 Å². The molecular weight excluding hydrogens is 391 g/mol. The molecule has 2 aromatic rings. The van der Waals surface area contributed by atoms with Gasteiger partial charge in [-0.2, -0.15) is 0 Å². The van der Waals surface area contributed by atoms with Gasteiger partial charge in [0.1, 0.15) is 11.9 Å². The maximum Gasteiger partial charge on any atom is 0.244 e. The van der Waals surface area contributed by atoms with Crippen molar-refractivity contribution in [3.63, 3.8) is 0 Å². The van der Waals surface area contributed by atoms with Crippen molar-refractivity contribution in [1.82, 2.24) is 5.32 Å². The first-order chi connectivity index (χ1) is 12.6. The first-order valence-corrected chi connectivity index (χ1v) is 10.6. The molecule has 1 amide bonds. The van der Waals surface area contributed by atoms with E-state index >= 15 is 0 Å². The van der Waals surface area contributed by atoms with E-state index in [1.54, 1.807) is 6.92 Å². The minimum Gasteiger partial charge on any atom is -0.350 e. The summed E-state index contributed by atoms with van der Waals surface area (Å²) in [5.41, 5.74) is 2.11. The Hall–Kier alpha value is -2.12. The number of anilines is 1. The zero-order valence-corrected chi connectivity index (χ0v) is 16.9. The van der Waals surface area contributed by atoms with Crippen LogP contribution in [0, 0.1) is 12.7 Å². The average Bonchev–Trinajstić information content (AvgIpc) is 2.59. The first-order valence-electron chi connectivity index (χ1n) is 8.41. The first kappa shape index (κ1) is 21.2. The van der Waals surface area contributed by atoms with E-state index in [-0.39, 0.29) is 23.7 Å². The number of benzene rings is 2. The Kier molecular flexibility index (Phi) is 6.84. The molecule has 1 atom stereocenters. The second-order valence-electron chi connectivity index (χ2n) is 6.29. The molecule has 8 heteroatoms. The fourth-order valence-electron chi connectivity index (χ4n) is 2.81. The molecule has 146 valence electrons. The van der Waals surface area contributed by atoms with Crippen LogP contribution in [-0.2, 0) is 21.4 Å². The van der Waals surface area contributed by atoms with Crippen LogP contribution in [0.25, 0.3) is 0 Å². The minimum absolute atomic E-state index is 0.140. The van der Waals surface area contributed by atoms with Crippen LogP contribution in [0.15, 0.2) is 42.5 Å². The Morgan fingerprint density at radius 1 is 1.26 bits per heavy atom. The molecule has 5 nitrogen and oxygen atoms in total. The van der Waals surface area contributed by atoms with Crippen LogP contribution < -0.4 is 9.62 Å². The second kappa shape index (κ2) is 8.71. The molecule has 0 saturated carbocycles. The van der Waals surface area contributed by atoms with Crippen molar-refractivity contribution in [2.45, 2.75) is 32.9 Å². The Morgan fingerprint density at radius 2 is 1.96 bits per heavy atom. The Bertz CT molecular complexity index is 934. The van der Waals surface area contributed by atoms with Crippen LogP contribution in [-0.4, -0.2) is 26.6 Å². The van der Waals surface area contributed by atoms with Gasteiger partial charge in [-0.15, -0.1) is 0 Å². The third-order valence-electron chi connectivity index (χ3n) is 4.04. The summed E-state index contributed by atoms with van der Waals surface area (Å²) in [7, 11) is -3.80. The number of aryl methyl sites for hydroxylation is 1. The monoisotopic (exact) mass is 412 g/mol. The summed E-state index contributed by atoms with van der Waals surface area (Å²) in [5, 5.41) is 2.56. The van der Waals surface area contributed by atoms with Crippen molar-refractivity contribution < 1.29 is 17.6 Å². The standard InChI is InChI=1S/C19H22ClFN2O3S/c1-4-18(19(24)22-12-14-7-5-6-13(2)10-14)23(27(3,25)26)15-8-9-17(21)16(20)11-15/h5-11,18H,4,12H2,1-3H3,(H,22,24)/t18-/m0/s1. The lowest BCUT2D eigenvalue weighted by atomic mass is 10.1. The van der Waals surface area contributed by atoms with Crippen molar-refractivity contribution in [2.24, 2.45) is 0 Å². The number of nitrogens with one attached hydrogen (secondary N) is 1. The van der Waals surface area contributed by atoms with Gasteiger partial charge in [0.2, 0.25) is 15.9 Å². The third-order valence-corrected chi connectivity index (χ3v) is 5.51. The van der Waals surface area contributed by atoms with Crippen LogP contribution in [0.2, 0.25) is 5.02 Å². The van der Waals surface area contributed by atoms with Gasteiger partial charge in [-0.05, 0) is 37.1 Å². The summed E-state index contributed by atoms with van der Waals surface area (Å²) < 4.78 is 39.2. The average molecular weight is 413 g/mol. The lowest BCUT2D eigenvalue weighted by Gasteiger charge is -2.30. The zero-order chi connectivity index (χ0) is 20.2. The van der Waals surface area contributed by atoms with Crippen molar-refractivity contribution in [3.8, 4) is 0 Å². The van der Waals surface area contributed by atoms with Crippen molar-refractivity contribution in [3.05, 3.63) is 64.4 Å². The molecule has 1 N–H and O–H groups in total. The molecule has 0 aliphatic heterocycles. The number of amides is 1. The summed E-state index contributed by atoms with van der Waals surface area (Å²) in [4.78, 5) is 12.7. The van der Waals surface area contributed by atoms with E-state index in [2.05, 4.69) is 5.32 Å². The Labute approximate surface area is 164 Å². The maximum absolute atomic E-state index is 13.5. The lowest BCUT2D eigenvalue weighted by Crippen LogP contribution is -2.49. The topological polar surface area (TPSA) is 66.5 Å². The van der Waals surface area contributed by atoms with Crippen LogP contribution in [0.5, 0.6) is 0 Å². The number of carbonyl (C=O) groups excluding carboxylic acids is 1. The van der Waals surface area contributed by atoms with Gasteiger partial charge in [-0.3, -0.25) is 9.10 Å². The van der Waals surface area contributed by atoms with Crippen molar-refractivity contribution in [2.75, 3.05) is 10.6 Å². The number of hydrogen-bond donors (Lipinski definition) is 1. The SMILES string of the molecule is CC[C@@H](C(=O)NCc1cccc(C)c1)N(c1ccc(F)c(Cl)c1)S(C)(=O)=O. The van der Waals surface area contributed by atoms with E-state index in [0.29, 0.717) is 0 Å². The minimum atomic E-state index is -3.80. The number of sulfonamides is 1. The molecule has 0 unspecified atom stereocenters. The molecule has 27 heavy (non-hydrogen) atoms. The van der Waals surface area contributed by atoms with E-state index in [0.717, 1.165) is 27.8 Å². The zero-order valence-electron chi connectivity index (χ0n) is 15.4. The molecular formula is C19H22ClFN2O3S. The Balaban J connectivity index is 2.28. The molecule has 2 rings (SSSR count). The van der Waals surface area contributed by atoms with E-state index in [9.17, 15) is 17.6 Å².